The summed E-state index contributed by atoms with van der Waals surface area (Å²) in [5.41, 5.74) is 7.05. The van der Waals surface area contributed by atoms with Crippen molar-refractivity contribution in [1.29, 1.82) is 0 Å². The van der Waals surface area contributed by atoms with E-state index in [0.717, 1.165) is 12.1 Å². The van der Waals surface area contributed by atoms with Crippen molar-refractivity contribution >= 4 is 33.9 Å². The molecular weight excluding hydrogens is 360 g/mol. The number of nitrogens with one attached hydrogen (secondary N) is 4. The third-order valence-electron chi connectivity index (χ3n) is 2.96. The molecule has 1 saturated heterocycles. The van der Waals surface area contributed by atoms with E-state index < -0.39 is 45.7 Å². The standard InChI is InChI=1S/C11H14N6O7S/c12-6-4-17(9(6)20)11(22)15-25(23,24)16-14-10(21)13-5-1-2-7(18)8(19)3-5/h1-3,6,16,18-19H,4,12H2,(H,15,22)(H2,13,14,21)/t6-/m0/s1. The number of anilines is 1. The zero-order chi connectivity index (χ0) is 18.8. The number of urea groups is 2. The monoisotopic (exact) mass is 374 g/mol. The molecule has 136 valence electrons. The first kappa shape index (κ1) is 18.2. The molecule has 0 spiro atoms. The lowest BCUT2D eigenvalue weighted by Crippen LogP contribution is -2.66. The summed E-state index contributed by atoms with van der Waals surface area (Å²) in [5.74, 6) is -1.64. The van der Waals surface area contributed by atoms with Crippen molar-refractivity contribution in [3.63, 3.8) is 0 Å². The van der Waals surface area contributed by atoms with E-state index in [9.17, 15) is 27.9 Å². The highest BCUT2D eigenvalue weighted by atomic mass is 32.2. The van der Waals surface area contributed by atoms with Gasteiger partial charge < -0.3 is 21.3 Å². The van der Waals surface area contributed by atoms with Crippen LogP contribution in [0.1, 0.15) is 0 Å². The van der Waals surface area contributed by atoms with E-state index in [1.165, 1.54) is 10.8 Å². The number of amides is 5. The van der Waals surface area contributed by atoms with Gasteiger partial charge in [-0.05, 0) is 12.1 Å². The fraction of sp³-hybridized carbons (Fsp3) is 0.182. The number of phenolic OH excluding ortho intramolecular Hbond substituents is 2. The second kappa shape index (κ2) is 6.80. The predicted molar refractivity (Wildman–Crippen MR) is 82.2 cm³/mol. The average molecular weight is 374 g/mol. The third-order valence-corrected chi connectivity index (χ3v) is 3.78. The summed E-state index contributed by atoms with van der Waals surface area (Å²) < 4.78 is 24.7. The lowest BCUT2D eigenvalue weighted by molar-refractivity contribution is -0.137. The van der Waals surface area contributed by atoms with Crippen LogP contribution in [0, 0.1) is 0 Å². The Morgan fingerprint density at radius 2 is 1.92 bits per heavy atom. The first-order valence-corrected chi connectivity index (χ1v) is 8.07. The van der Waals surface area contributed by atoms with Crippen molar-refractivity contribution < 1.29 is 33.0 Å². The number of phenols is 2. The Labute approximate surface area is 140 Å². The van der Waals surface area contributed by atoms with Gasteiger partial charge in [-0.3, -0.25) is 15.1 Å². The Balaban J connectivity index is 1.84. The molecule has 25 heavy (non-hydrogen) atoms. The molecule has 0 unspecified atom stereocenters. The molecule has 0 aromatic heterocycles. The van der Waals surface area contributed by atoms with Gasteiger partial charge in [-0.1, -0.05) is 0 Å². The molecule has 0 aliphatic carbocycles. The summed E-state index contributed by atoms with van der Waals surface area (Å²) >= 11 is 0. The van der Waals surface area contributed by atoms with Gasteiger partial charge >= 0.3 is 22.3 Å². The molecule has 2 rings (SSSR count). The van der Waals surface area contributed by atoms with Crippen LogP contribution in [0.25, 0.3) is 0 Å². The summed E-state index contributed by atoms with van der Waals surface area (Å²) in [5, 5.41) is 20.6. The summed E-state index contributed by atoms with van der Waals surface area (Å²) in [7, 11) is -4.49. The van der Waals surface area contributed by atoms with Crippen LogP contribution in [0.2, 0.25) is 0 Å². The fourth-order valence-corrected chi connectivity index (χ4v) is 2.33. The predicted octanol–water partition coefficient (Wildman–Crippen LogP) is -2.15. The van der Waals surface area contributed by atoms with E-state index in [-0.39, 0.29) is 12.2 Å². The molecule has 1 fully saturated rings. The maximum absolute atomic E-state index is 11.6. The molecule has 1 atom stereocenters. The number of carbonyl (C=O) groups is 3. The Morgan fingerprint density at radius 3 is 2.48 bits per heavy atom. The van der Waals surface area contributed by atoms with Gasteiger partial charge in [0.05, 0.1) is 6.54 Å². The molecule has 1 aliphatic heterocycles. The van der Waals surface area contributed by atoms with Crippen LogP contribution in [0.4, 0.5) is 15.3 Å². The van der Waals surface area contributed by atoms with Crippen LogP contribution in [0.15, 0.2) is 18.2 Å². The minimum absolute atomic E-state index is 0.0520. The van der Waals surface area contributed by atoms with Crippen LogP contribution in [-0.2, 0) is 15.0 Å². The van der Waals surface area contributed by atoms with Crippen LogP contribution >= 0.6 is 0 Å². The number of benzene rings is 1. The number of nitrogens with zero attached hydrogens (tertiary/aromatic N) is 1. The maximum Gasteiger partial charge on any atom is 0.338 e. The number of imide groups is 1. The van der Waals surface area contributed by atoms with Crippen LogP contribution in [0.5, 0.6) is 11.5 Å². The van der Waals surface area contributed by atoms with Gasteiger partial charge in [0.15, 0.2) is 11.5 Å². The molecule has 13 nitrogen and oxygen atoms in total. The fourth-order valence-electron chi connectivity index (χ4n) is 1.71. The normalized spacial score (nSPS) is 16.8. The highest BCUT2D eigenvalue weighted by Crippen LogP contribution is 2.27. The van der Waals surface area contributed by atoms with Gasteiger partial charge in [0.1, 0.15) is 6.04 Å². The Bertz CT molecular complexity index is 826. The molecule has 1 aliphatic rings. The topological polar surface area (TPSA) is 203 Å². The lowest BCUT2D eigenvalue weighted by Gasteiger charge is -2.33. The Morgan fingerprint density at radius 1 is 1.24 bits per heavy atom. The number of aromatic hydroxyl groups is 2. The number of likely N-dealkylation sites (tertiary alicyclic amines) is 1. The number of nitrogens with two attached hydrogens (primary N) is 1. The van der Waals surface area contributed by atoms with Crippen LogP contribution < -0.4 is 26.0 Å². The quantitative estimate of drug-likeness (QED) is 0.134. The number of carbonyl (C=O) groups excluding carboxylic acids is 3. The molecule has 0 bridgehead atoms. The van der Waals surface area contributed by atoms with Crippen molar-refractivity contribution in [2.45, 2.75) is 6.04 Å². The van der Waals surface area contributed by atoms with Crippen molar-refractivity contribution in [2.24, 2.45) is 5.73 Å². The van der Waals surface area contributed by atoms with Crippen LogP contribution in [0.3, 0.4) is 0 Å². The SMILES string of the molecule is N[C@H]1CN(C(=O)NS(=O)(=O)NNC(=O)Nc2ccc(O)c(O)c2)C1=O. The zero-order valence-electron chi connectivity index (χ0n) is 12.4. The molecule has 0 saturated carbocycles. The first-order valence-electron chi connectivity index (χ1n) is 6.58. The largest absolute Gasteiger partial charge is 0.504 e. The molecule has 14 heteroatoms. The van der Waals surface area contributed by atoms with E-state index in [0.29, 0.717) is 4.90 Å². The van der Waals surface area contributed by atoms with Crippen molar-refractivity contribution in [3.8, 4) is 11.5 Å². The molecule has 5 amide bonds. The Hall–Kier alpha value is -3.10. The number of β-lactam (4-membered cyclic amide) rings is 1. The lowest BCUT2D eigenvalue weighted by atomic mass is 10.1. The van der Waals surface area contributed by atoms with Crippen molar-refractivity contribution in [2.75, 3.05) is 11.9 Å². The van der Waals surface area contributed by atoms with Gasteiger partial charge in [0.25, 0.3) is 0 Å². The molecule has 1 aromatic rings. The summed E-state index contributed by atoms with van der Waals surface area (Å²) in [6.45, 7) is -0.127. The highest BCUT2D eigenvalue weighted by molar-refractivity contribution is 7.88. The van der Waals surface area contributed by atoms with E-state index >= 15 is 0 Å². The molecular formula is C11H14N6O7S. The van der Waals surface area contributed by atoms with E-state index in [4.69, 9.17) is 10.8 Å². The first-order chi connectivity index (χ1) is 11.6. The van der Waals surface area contributed by atoms with Gasteiger partial charge in [0.2, 0.25) is 5.91 Å². The Kier molecular flexibility index (Phi) is 4.96. The molecule has 1 heterocycles. The van der Waals surface area contributed by atoms with E-state index in [1.807, 2.05) is 0 Å². The second-order valence-electron chi connectivity index (χ2n) is 4.85. The van der Waals surface area contributed by atoms with Crippen LogP contribution in [-0.4, -0.2) is 54.1 Å². The maximum atomic E-state index is 11.6. The third kappa shape index (κ3) is 4.46. The van der Waals surface area contributed by atoms with Gasteiger partial charge in [-0.2, -0.15) is 8.42 Å². The molecule has 8 N–H and O–H groups in total. The summed E-state index contributed by atoms with van der Waals surface area (Å²) in [4.78, 5) is 36.5. The van der Waals surface area contributed by atoms with E-state index in [1.54, 1.807) is 10.3 Å². The van der Waals surface area contributed by atoms with Gasteiger partial charge in [-0.15, -0.1) is 4.83 Å². The second-order valence-corrected chi connectivity index (χ2v) is 6.27. The minimum Gasteiger partial charge on any atom is -0.504 e. The van der Waals surface area contributed by atoms with E-state index in [2.05, 4.69) is 5.32 Å². The smallest absolute Gasteiger partial charge is 0.338 e. The van der Waals surface area contributed by atoms with Crippen molar-refractivity contribution in [3.05, 3.63) is 18.2 Å². The molecule has 1 aromatic carbocycles. The number of hydrazine groups is 1. The minimum atomic E-state index is -4.49. The number of hydrogen-bond donors (Lipinski definition) is 7. The summed E-state index contributed by atoms with van der Waals surface area (Å²) in [6, 6.07) is 0.236. The number of hydrogen-bond acceptors (Lipinski definition) is 8. The highest BCUT2D eigenvalue weighted by Gasteiger charge is 2.39. The average Bonchev–Trinajstić information content (AvgIpc) is 2.53. The zero-order valence-corrected chi connectivity index (χ0v) is 13.2. The molecule has 0 radical (unpaired) electrons. The van der Waals surface area contributed by atoms with Gasteiger partial charge in [0, 0.05) is 11.8 Å². The van der Waals surface area contributed by atoms with Gasteiger partial charge in [-0.25, -0.2) is 14.3 Å². The summed E-state index contributed by atoms with van der Waals surface area (Å²) in [6.07, 6.45) is 0. The van der Waals surface area contributed by atoms with Crippen molar-refractivity contribution in [1.82, 2.24) is 19.9 Å². The number of rotatable bonds is 4.